The van der Waals surface area contributed by atoms with Gasteiger partial charge in [0.1, 0.15) is 5.75 Å². The average molecular weight is 435 g/mol. The van der Waals surface area contributed by atoms with Gasteiger partial charge in [-0.05, 0) is 102 Å². The molecular weight excluding hydrogens is 411 g/mol. The molecular formula is C27H24F3NO. The first-order valence-corrected chi connectivity index (χ1v) is 11.0. The Hall–Kier alpha value is -3.08. The topological polar surface area (TPSA) is 22.1 Å². The van der Waals surface area contributed by atoms with Crippen LogP contribution in [0.5, 0.6) is 5.75 Å². The lowest BCUT2D eigenvalue weighted by Crippen LogP contribution is -2.18. The smallest absolute Gasteiger partial charge is 0.406 e. The molecule has 0 aliphatic heterocycles. The van der Waals surface area contributed by atoms with Gasteiger partial charge >= 0.3 is 6.36 Å². The number of halogens is 3. The van der Waals surface area contributed by atoms with E-state index in [0.29, 0.717) is 0 Å². The van der Waals surface area contributed by atoms with Crippen LogP contribution < -0.4 is 4.74 Å². The van der Waals surface area contributed by atoms with Gasteiger partial charge in [-0.15, -0.1) is 13.2 Å². The molecule has 2 aliphatic carbocycles. The minimum Gasteiger partial charge on any atom is -0.406 e. The van der Waals surface area contributed by atoms with Gasteiger partial charge in [-0.3, -0.25) is 4.98 Å². The summed E-state index contributed by atoms with van der Waals surface area (Å²) in [7, 11) is 0. The summed E-state index contributed by atoms with van der Waals surface area (Å²) in [6.07, 6.45) is 6.21. The van der Waals surface area contributed by atoms with E-state index in [9.17, 15) is 13.2 Å². The fourth-order valence-corrected chi connectivity index (χ4v) is 5.01. The molecule has 0 N–H and O–H groups in total. The average Bonchev–Trinajstić information content (AvgIpc) is 2.77. The molecule has 0 spiro atoms. The number of ether oxygens (including phenoxy) is 1. The molecule has 2 nitrogen and oxygen atoms in total. The van der Waals surface area contributed by atoms with Gasteiger partial charge in [0.25, 0.3) is 0 Å². The number of hydrogen-bond acceptors (Lipinski definition) is 2. The predicted molar refractivity (Wildman–Crippen MR) is 120 cm³/mol. The van der Waals surface area contributed by atoms with Crippen molar-refractivity contribution in [2.75, 3.05) is 0 Å². The number of aryl methyl sites for hydroxylation is 2. The molecule has 1 unspecified atom stereocenters. The van der Waals surface area contributed by atoms with Crippen LogP contribution in [-0.2, 0) is 19.3 Å². The maximum atomic E-state index is 12.9. The van der Waals surface area contributed by atoms with Crippen LogP contribution in [0.2, 0.25) is 0 Å². The highest BCUT2D eigenvalue weighted by Gasteiger charge is 2.33. The zero-order valence-electron chi connectivity index (χ0n) is 17.9. The Morgan fingerprint density at radius 1 is 1.03 bits per heavy atom. The maximum Gasteiger partial charge on any atom is 0.573 e. The van der Waals surface area contributed by atoms with Crippen molar-refractivity contribution in [3.05, 3.63) is 88.2 Å². The van der Waals surface area contributed by atoms with Crippen molar-refractivity contribution in [1.82, 2.24) is 4.98 Å². The SMILES string of the molecule is Cc1ccc(CCC2Cc3c(ccc4c3CCC=C4)-c3cc(OC(F)(F)F)ccc32)cn1. The lowest BCUT2D eigenvalue weighted by atomic mass is 9.73. The second-order valence-electron chi connectivity index (χ2n) is 8.64. The highest BCUT2D eigenvalue weighted by atomic mass is 19.4. The fraction of sp³-hybridized carbons (Fsp3) is 0.296. The Kier molecular flexibility index (Phi) is 5.28. The largest absolute Gasteiger partial charge is 0.573 e. The van der Waals surface area contributed by atoms with Crippen LogP contribution in [0.3, 0.4) is 0 Å². The monoisotopic (exact) mass is 435 g/mol. The maximum absolute atomic E-state index is 12.9. The zero-order valence-corrected chi connectivity index (χ0v) is 17.9. The molecule has 0 saturated carbocycles. The van der Waals surface area contributed by atoms with Crippen LogP contribution >= 0.6 is 0 Å². The first-order valence-electron chi connectivity index (χ1n) is 11.0. The van der Waals surface area contributed by atoms with Crippen molar-refractivity contribution in [1.29, 1.82) is 0 Å². The Labute approximate surface area is 185 Å². The Bertz CT molecular complexity index is 1180. The molecule has 2 aromatic carbocycles. The molecule has 32 heavy (non-hydrogen) atoms. The van der Waals surface area contributed by atoms with Crippen LogP contribution in [0, 0.1) is 6.92 Å². The molecule has 2 aliphatic rings. The van der Waals surface area contributed by atoms with E-state index >= 15 is 0 Å². The molecule has 0 saturated heterocycles. The van der Waals surface area contributed by atoms with E-state index in [0.717, 1.165) is 54.5 Å². The summed E-state index contributed by atoms with van der Waals surface area (Å²) >= 11 is 0. The summed E-state index contributed by atoms with van der Waals surface area (Å²) in [5.74, 6) is 0.0688. The number of benzene rings is 2. The van der Waals surface area contributed by atoms with E-state index in [1.165, 1.54) is 28.3 Å². The van der Waals surface area contributed by atoms with Gasteiger partial charge in [-0.1, -0.05) is 36.4 Å². The van der Waals surface area contributed by atoms with Crippen LogP contribution in [0.25, 0.3) is 17.2 Å². The summed E-state index contributed by atoms with van der Waals surface area (Å²) in [5.41, 5.74) is 8.99. The van der Waals surface area contributed by atoms with Gasteiger partial charge in [-0.25, -0.2) is 0 Å². The van der Waals surface area contributed by atoms with Gasteiger partial charge in [0.05, 0.1) is 0 Å². The molecule has 1 aromatic heterocycles. The first-order chi connectivity index (χ1) is 15.4. The van der Waals surface area contributed by atoms with Crippen LogP contribution in [0.1, 0.15) is 52.3 Å². The van der Waals surface area contributed by atoms with Gasteiger partial charge in [0.15, 0.2) is 0 Å². The Morgan fingerprint density at radius 3 is 2.69 bits per heavy atom. The molecule has 3 aromatic rings. The van der Waals surface area contributed by atoms with Crippen molar-refractivity contribution < 1.29 is 17.9 Å². The fourth-order valence-electron chi connectivity index (χ4n) is 5.01. The quantitative estimate of drug-likeness (QED) is 0.433. The van der Waals surface area contributed by atoms with Gasteiger partial charge in [0.2, 0.25) is 0 Å². The van der Waals surface area contributed by atoms with E-state index in [2.05, 4.69) is 40.1 Å². The normalized spacial score (nSPS) is 16.8. The third kappa shape index (κ3) is 4.16. The minimum absolute atomic E-state index is 0.164. The number of aromatic nitrogens is 1. The molecule has 1 atom stereocenters. The Balaban J connectivity index is 1.54. The molecule has 0 radical (unpaired) electrons. The van der Waals surface area contributed by atoms with Gasteiger partial charge < -0.3 is 4.74 Å². The summed E-state index contributed by atoms with van der Waals surface area (Å²) < 4.78 is 42.9. The molecule has 5 heteroatoms. The second kappa shape index (κ2) is 8.12. The van der Waals surface area contributed by atoms with Crippen LogP contribution in [-0.4, -0.2) is 11.3 Å². The summed E-state index contributed by atoms with van der Waals surface area (Å²) in [5, 5.41) is 0. The molecule has 0 fully saturated rings. The predicted octanol–water partition coefficient (Wildman–Crippen LogP) is 7.19. The third-order valence-electron chi connectivity index (χ3n) is 6.52. The molecule has 1 heterocycles. The zero-order chi connectivity index (χ0) is 22.3. The van der Waals surface area contributed by atoms with Crippen LogP contribution in [0.15, 0.2) is 54.7 Å². The molecule has 164 valence electrons. The van der Waals surface area contributed by atoms with E-state index in [1.807, 2.05) is 25.3 Å². The number of fused-ring (bicyclic) bond motifs is 5. The number of nitrogens with zero attached hydrogens (tertiary/aromatic N) is 1. The van der Waals surface area contributed by atoms with Crippen molar-refractivity contribution >= 4 is 6.08 Å². The van der Waals surface area contributed by atoms with E-state index in [-0.39, 0.29) is 11.7 Å². The third-order valence-corrected chi connectivity index (χ3v) is 6.52. The van der Waals surface area contributed by atoms with Crippen molar-refractivity contribution in [2.24, 2.45) is 0 Å². The molecule has 0 bridgehead atoms. The number of alkyl halides is 3. The van der Waals surface area contributed by atoms with Crippen molar-refractivity contribution in [2.45, 2.75) is 51.3 Å². The number of hydrogen-bond donors (Lipinski definition) is 0. The summed E-state index contributed by atoms with van der Waals surface area (Å²) in [4.78, 5) is 4.40. The standard InChI is InChI=1S/C27H24F3NO/c1-17-6-7-18(16-31-17)8-9-20-14-25-22-5-3-2-4-19(22)10-12-24(25)26-15-21(11-13-23(20)26)32-27(28,29)30/h2,4,6-7,10-13,15-16,20H,3,5,8-9,14H2,1H3. The van der Waals surface area contributed by atoms with Crippen LogP contribution in [0.4, 0.5) is 13.2 Å². The minimum atomic E-state index is -4.70. The van der Waals surface area contributed by atoms with Crippen molar-refractivity contribution in [3.8, 4) is 16.9 Å². The molecule has 0 amide bonds. The highest BCUT2D eigenvalue weighted by Crippen LogP contribution is 2.46. The number of allylic oxidation sites excluding steroid dienone is 1. The summed E-state index contributed by atoms with van der Waals surface area (Å²) in [6, 6.07) is 13.1. The van der Waals surface area contributed by atoms with Gasteiger partial charge in [0, 0.05) is 11.9 Å². The van der Waals surface area contributed by atoms with E-state index in [1.54, 1.807) is 6.07 Å². The first kappa shape index (κ1) is 20.8. The summed E-state index contributed by atoms with van der Waals surface area (Å²) in [6.45, 7) is 1.97. The number of rotatable bonds is 4. The highest BCUT2D eigenvalue weighted by molar-refractivity contribution is 5.79. The van der Waals surface area contributed by atoms with E-state index < -0.39 is 6.36 Å². The number of pyridine rings is 1. The molecule has 5 rings (SSSR count). The second-order valence-corrected chi connectivity index (χ2v) is 8.64. The lowest BCUT2D eigenvalue weighted by molar-refractivity contribution is -0.274. The lowest BCUT2D eigenvalue weighted by Gasteiger charge is -2.31. The Morgan fingerprint density at radius 2 is 1.91 bits per heavy atom. The van der Waals surface area contributed by atoms with E-state index in [4.69, 9.17) is 0 Å². The van der Waals surface area contributed by atoms with Crippen molar-refractivity contribution in [3.63, 3.8) is 0 Å². The van der Waals surface area contributed by atoms with Gasteiger partial charge in [-0.2, -0.15) is 0 Å².